The minimum absolute atomic E-state index is 0.107. The number of aliphatic hydroxyl groups is 1. The normalized spacial score (nSPS) is 36.6. The third-order valence-electron chi connectivity index (χ3n) is 5.79. The summed E-state index contributed by atoms with van der Waals surface area (Å²) < 4.78 is 151. The van der Waals surface area contributed by atoms with Gasteiger partial charge in [-0.15, -0.1) is 0 Å². The fourth-order valence-electron chi connectivity index (χ4n) is 4.11. The molecule has 1 aliphatic carbocycles. The largest absolute Gasteiger partial charge is 0.462 e. The Morgan fingerprint density at radius 1 is 1.00 bits per heavy atom. The molecule has 4 nitrogen and oxygen atoms in total. The predicted molar refractivity (Wildman–Crippen MR) is 82.0 cm³/mol. The van der Waals surface area contributed by atoms with Gasteiger partial charge in [0.25, 0.3) is 0 Å². The van der Waals surface area contributed by atoms with Crippen LogP contribution in [0.2, 0.25) is 0 Å². The molecule has 0 amide bonds. The smallest absolute Gasteiger partial charge is 0.415 e. The van der Waals surface area contributed by atoms with Gasteiger partial charge in [-0.05, 0) is 19.8 Å². The average molecular weight is 476 g/mol. The van der Waals surface area contributed by atoms with Gasteiger partial charge in [-0.25, -0.2) is 4.79 Å². The zero-order chi connectivity index (χ0) is 24.3. The van der Waals surface area contributed by atoms with Crippen LogP contribution in [0.5, 0.6) is 0 Å². The molecule has 2 fully saturated rings. The summed E-state index contributed by atoms with van der Waals surface area (Å²) in [6, 6.07) is 0. The molecule has 1 aliphatic heterocycles. The van der Waals surface area contributed by atoms with E-state index in [4.69, 9.17) is 0 Å². The third-order valence-corrected chi connectivity index (χ3v) is 5.79. The van der Waals surface area contributed by atoms with Crippen molar-refractivity contribution in [3.05, 3.63) is 12.7 Å². The Morgan fingerprint density at radius 3 is 1.87 bits per heavy atom. The highest BCUT2D eigenvalue weighted by molar-refractivity contribution is 5.81. The first kappa shape index (κ1) is 25.7. The van der Waals surface area contributed by atoms with Gasteiger partial charge in [0.15, 0.2) is 5.60 Å². The number of hydrogen-bond donors (Lipinski definition) is 1. The summed E-state index contributed by atoms with van der Waals surface area (Å²) in [5.74, 6) is -22.9. The van der Waals surface area contributed by atoms with Gasteiger partial charge in [-0.1, -0.05) is 25.8 Å². The molecule has 1 N–H and O–H groups in total. The second-order valence-electron chi connectivity index (χ2n) is 7.63. The summed E-state index contributed by atoms with van der Waals surface area (Å²) in [6.45, 7) is 2.07. The summed E-state index contributed by atoms with van der Waals surface area (Å²) >= 11 is 0. The van der Waals surface area contributed by atoms with Crippen molar-refractivity contribution in [1.82, 2.24) is 0 Å². The topological polar surface area (TPSA) is 55.8 Å². The van der Waals surface area contributed by atoms with Crippen LogP contribution in [0.25, 0.3) is 0 Å². The van der Waals surface area contributed by atoms with E-state index in [1.807, 2.05) is 0 Å². The molecule has 0 spiro atoms. The third kappa shape index (κ3) is 3.15. The van der Waals surface area contributed by atoms with E-state index in [9.17, 15) is 45.0 Å². The molecule has 0 aromatic heterocycles. The Balaban J connectivity index is 2.97. The Labute approximate surface area is 169 Å². The minimum atomic E-state index is -6.68. The molecular weight excluding hydrogens is 458 g/mol. The van der Waals surface area contributed by atoms with E-state index < -0.39 is 72.8 Å². The molecule has 0 radical (unpaired) electrons. The van der Waals surface area contributed by atoms with Crippen LogP contribution < -0.4 is 0 Å². The first-order chi connectivity index (χ1) is 13.8. The predicted octanol–water partition coefficient (Wildman–Crippen LogP) is 4.91. The zero-order valence-corrected chi connectivity index (χ0v) is 15.8. The van der Waals surface area contributed by atoms with Crippen LogP contribution in [-0.2, 0) is 14.3 Å². The standard InChI is InChI=1S/C17H18F10O4/c1-3-10(28)30-15(17(25,26)27)14(20,21)11(2,29)13(18,19)12(31-15,16(22,23)24)9-7-5-4-6-8-9/h3,9,29H,1,4-8H2,2H3. The summed E-state index contributed by atoms with van der Waals surface area (Å²) in [6.07, 6.45) is -14.8. The molecule has 180 valence electrons. The van der Waals surface area contributed by atoms with Crippen LogP contribution in [0.1, 0.15) is 39.0 Å². The van der Waals surface area contributed by atoms with Crippen molar-refractivity contribution >= 4 is 5.97 Å². The SMILES string of the molecule is C=CC(=O)OC1(C(F)(F)F)OC(C2CCCCC2)(C(F)(F)F)C(F)(F)C(C)(O)C1(F)F. The van der Waals surface area contributed by atoms with E-state index in [2.05, 4.69) is 16.1 Å². The molecule has 1 saturated carbocycles. The summed E-state index contributed by atoms with van der Waals surface area (Å²) in [5.41, 5.74) is -10.6. The van der Waals surface area contributed by atoms with Crippen LogP contribution in [0.4, 0.5) is 43.9 Å². The van der Waals surface area contributed by atoms with E-state index >= 15 is 8.78 Å². The van der Waals surface area contributed by atoms with Crippen LogP contribution in [0.15, 0.2) is 12.7 Å². The van der Waals surface area contributed by atoms with Crippen molar-refractivity contribution in [2.24, 2.45) is 5.92 Å². The van der Waals surface area contributed by atoms with E-state index in [1.54, 1.807) is 0 Å². The Bertz CT molecular complexity index is 723. The lowest BCUT2D eigenvalue weighted by Crippen LogP contribution is -2.88. The highest BCUT2D eigenvalue weighted by Crippen LogP contribution is 2.68. The van der Waals surface area contributed by atoms with Gasteiger partial charge < -0.3 is 14.6 Å². The van der Waals surface area contributed by atoms with Crippen LogP contribution in [0, 0.1) is 5.92 Å². The molecule has 0 bridgehead atoms. The second-order valence-corrected chi connectivity index (χ2v) is 7.63. The monoisotopic (exact) mass is 476 g/mol. The summed E-state index contributed by atoms with van der Waals surface area (Å²) in [7, 11) is 0. The highest BCUT2D eigenvalue weighted by Gasteiger charge is 2.96. The van der Waals surface area contributed by atoms with E-state index in [0.717, 1.165) is 0 Å². The van der Waals surface area contributed by atoms with Gasteiger partial charge in [-0.2, -0.15) is 43.9 Å². The molecule has 3 unspecified atom stereocenters. The van der Waals surface area contributed by atoms with Gasteiger partial charge >= 0.3 is 36.0 Å². The van der Waals surface area contributed by atoms with Crippen molar-refractivity contribution in [3.8, 4) is 0 Å². The number of rotatable bonds is 3. The van der Waals surface area contributed by atoms with Crippen LogP contribution >= 0.6 is 0 Å². The van der Waals surface area contributed by atoms with Crippen LogP contribution in [-0.4, -0.2) is 52.3 Å². The minimum Gasteiger partial charge on any atom is -0.415 e. The maximum atomic E-state index is 15.1. The molecule has 2 aliphatic rings. The molecule has 14 heteroatoms. The lowest BCUT2D eigenvalue weighted by Gasteiger charge is -2.61. The van der Waals surface area contributed by atoms with Crippen molar-refractivity contribution < 1.29 is 63.3 Å². The maximum absolute atomic E-state index is 15.1. The fraction of sp³-hybridized carbons (Fsp3) is 0.824. The number of carbonyl (C=O) groups is 1. The Morgan fingerprint density at radius 2 is 1.48 bits per heavy atom. The van der Waals surface area contributed by atoms with Gasteiger partial charge in [0.2, 0.25) is 5.60 Å². The number of ether oxygens (including phenoxy) is 2. The summed E-state index contributed by atoms with van der Waals surface area (Å²) in [5, 5.41) is 9.95. The van der Waals surface area contributed by atoms with Gasteiger partial charge in [0, 0.05) is 12.0 Å². The van der Waals surface area contributed by atoms with Crippen LogP contribution in [0.3, 0.4) is 0 Å². The lowest BCUT2D eigenvalue weighted by molar-refractivity contribution is -0.561. The first-order valence-electron chi connectivity index (χ1n) is 8.94. The average Bonchev–Trinajstić information content (AvgIpc) is 2.61. The van der Waals surface area contributed by atoms with Crippen molar-refractivity contribution in [3.63, 3.8) is 0 Å². The van der Waals surface area contributed by atoms with Crippen molar-refractivity contribution in [2.75, 3.05) is 0 Å². The first-order valence-corrected chi connectivity index (χ1v) is 8.94. The van der Waals surface area contributed by atoms with Crippen molar-refractivity contribution in [2.45, 2.75) is 80.2 Å². The van der Waals surface area contributed by atoms with E-state index in [-0.39, 0.29) is 25.3 Å². The molecule has 3 atom stereocenters. The van der Waals surface area contributed by atoms with E-state index in [0.29, 0.717) is 0 Å². The number of carbonyl (C=O) groups excluding carboxylic acids is 1. The molecule has 0 aromatic carbocycles. The Kier molecular flexibility index (Phi) is 5.98. The zero-order valence-electron chi connectivity index (χ0n) is 15.8. The number of hydrogen-bond acceptors (Lipinski definition) is 4. The second kappa shape index (κ2) is 7.22. The van der Waals surface area contributed by atoms with Gasteiger partial charge in [-0.3, -0.25) is 0 Å². The lowest BCUT2D eigenvalue weighted by atomic mass is 9.64. The quantitative estimate of drug-likeness (QED) is 0.358. The molecule has 2 rings (SSSR count). The van der Waals surface area contributed by atoms with Gasteiger partial charge in [0.05, 0.1) is 0 Å². The number of alkyl halides is 10. The maximum Gasteiger partial charge on any atom is 0.462 e. The molecule has 1 heterocycles. The number of esters is 1. The molecule has 0 aromatic rings. The van der Waals surface area contributed by atoms with Crippen molar-refractivity contribution in [1.29, 1.82) is 0 Å². The highest BCUT2D eigenvalue weighted by atomic mass is 19.4. The van der Waals surface area contributed by atoms with Gasteiger partial charge in [0.1, 0.15) is 0 Å². The molecular formula is C17H18F10O4. The summed E-state index contributed by atoms with van der Waals surface area (Å²) in [4.78, 5) is 11.4. The number of halogens is 10. The fourth-order valence-corrected chi connectivity index (χ4v) is 4.11. The molecule has 1 saturated heterocycles. The molecule has 31 heavy (non-hydrogen) atoms. The van der Waals surface area contributed by atoms with E-state index in [1.165, 1.54) is 0 Å². The Hall–Kier alpha value is -1.57.